The minimum absolute atomic E-state index is 0.456. The Labute approximate surface area is 96.5 Å². The minimum Gasteiger partial charge on any atom is -0.358 e. The molecule has 0 unspecified atom stereocenters. The number of aromatic amines is 1. The molecule has 2 rings (SSSR count). The average molecular weight is 253 g/mol. The SMILES string of the molecule is O=C(c1[nH]cc2c1CCC2)C(Cl)(Cl)Cl. The molecule has 0 aromatic carbocycles. The number of aryl methyl sites for hydroxylation is 1. The summed E-state index contributed by atoms with van der Waals surface area (Å²) in [5, 5.41) is 0. The first-order valence-corrected chi connectivity index (χ1v) is 5.44. The van der Waals surface area contributed by atoms with Gasteiger partial charge in [0.1, 0.15) is 0 Å². The van der Waals surface area contributed by atoms with Gasteiger partial charge < -0.3 is 4.98 Å². The summed E-state index contributed by atoms with van der Waals surface area (Å²) in [4.78, 5) is 14.5. The van der Waals surface area contributed by atoms with E-state index in [0.717, 1.165) is 24.8 Å². The lowest BCUT2D eigenvalue weighted by atomic mass is 10.1. The quantitative estimate of drug-likeness (QED) is 0.605. The number of aromatic nitrogens is 1. The molecule has 1 N–H and O–H groups in total. The lowest BCUT2D eigenvalue weighted by molar-refractivity contribution is 0.0991. The zero-order valence-corrected chi connectivity index (χ0v) is 9.51. The van der Waals surface area contributed by atoms with E-state index in [1.54, 1.807) is 0 Å². The number of carbonyl (C=O) groups is 1. The predicted molar refractivity (Wildman–Crippen MR) is 57.4 cm³/mol. The van der Waals surface area contributed by atoms with Gasteiger partial charge in [-0.05, 0) is 30.4 Å². The van der Waals surface area contributed by atoms with Gasteiger partial charge in [0.15, 0.2) is 0 Å². The van der Waals surface area contributed by atoms with Gasteiger partial charge >= 0.3 is 0 Å². The highest BCUT2D eigenvalue weighted by molar-refractivity contribution is 6.77. The highest BCUT2D eigenvalue weighted by Gasteiger charge is 2.35. The molecule has 0 bridgehead atoms. The third-order valence-corrected chi connectivity index (χ3v) is 2.95. The fourth-order valence-corrected chi connectivity index (χ4v) is 2.09. The van der Waals surface area contributed by atoms with E-state index in [9.17, 15) is 4.79 Å². The number of H-pyrrole nitrogens is 1. The van der Waals surface area contributed by atoms with Gasteiger partial charge in [-0.2, -0.15) is 0 Å². The van der Waals surface area contributed by atoms with Gasteiger partial charge in [-0.3, -0.25) is 4.79 Å². The molecule has 0 radical (unpaired) electrons. The molecule has 1 heterocycles. The van der Waals surface area contributed by atoms with Crippen molar-refractivity contribution < 1.29 is 4.79 Å². The van der Waals surface area contributed by atoms with Crippen molar-refractivity contribution in [2.24, 2.45) is 0 Å². The van der Waals surface area contributed by atoms with Crippen LogP contribution in [-0.4, -0.2) is 14.6 Å². The number of Topliss-reactive ketones (excluding diaryl/α,β-unsaturated/α-hetero) is 1. The van der Waals surface area contributed by atoms with Gasteiger partial charge in [0, 0.05) is 6.20 Å². The van der Waals surface area contributed by atoms with Gasteiger partial charge in [-0.25, -0.2) is 0 Å². The van der Waals surface area contributed by atoms with Gasteiger partial charge in [-0.1, -0.05) is 34.8 Å². The standard InChI is InChI=1S/C9H8Cl3NO/c10-9(11,12)8(14)7-6-3-1-2-5(6)4-13-7/h4,13H,1-3H2. The third-order valence-electron chi connectivity index (χ3n) is 2.44. The number of carbonyl (C=O) groups excluding carboxylic acids is 1. The summed E-state index contributed by atoms with van der Waals surface area (Å²) in [6.45, 7) is 0. The zero-order valence-electron chi connectivity index (χ0n) is 7.24. The van der Waals surface area contributed by atoms with Crippen molar-refractivity contribution in [2.75, 3.05) is 0 Å². The number of fused-ring (bicyclic) bond motifs is 1. The van der Waals surface area contributed by atoms with E-state index >= 15 is 0 Å². The smallest absolute Gasteiger partial charge is 0.255 e. The molecule has 14 heavy (non-hydrogen) atoms. The molecule has 1 aromatic heterocycles. The van der Waals surface area contributed by atoms with E-state index in [1.807, 2.05) is 6.20 Å². The van der Waals surface area contributed by atoms with Crippen LogP contribution in [0.1, 0.15) is 28.0 Å². The molecule has 0 spiro atoms. The number of rotatable bonds is 1. The minimum atomic E-state index is -1.86. The maximum absolute atomic E-state index is 11.7. The van der Waals surface area contributed by atoms with Crippen molar-refractivity contribution in [3.05, 3.63) is 23.0 Å². The van der Waals surface area contributed by atoms with Crippen molar-refractivity contribution in [2.45, 2.75) is 23.1 Å². The summed E-state index contributed by atoms with van der Waals surface area (Å²) in [6.07, 6.45) is 4.78. The molecule has 0 saturated heterocycles. The number of halogens is 3. The van der Waals surface area contributed by atoms with E-state index in [2.05, 4.69) is 4.98 Å². The van der Waals surface area contributed by atoms with Crippen LogP contribution in [0.5, 0.6) is 0 Å². The van der Waals surface area contributed by atoms with Crippen LogP contribution in [0.3, 0.4) is 0 Å². The summed E-state index contributed by atoms with van der Waals surface area (Å²) in [7, 11) is 0. The first-order valence-electron chi connectivity index (χ1n) is 4.31. The first kappa shape index (κ1) is 10.3. The molecule has 1 aliphatic rings. The molecule has 5 heteroatoms. The van der Waals surface area contributed by atoms with E-state index in [1.165, 1.54) is 5.56 Å². The Hall–Kier alpha value is -0.180. The Morgan fingerprint density at radius 1 is 1.36 bits per heavy atom. The van der Waals surface area contributed by atoms with Crippen LogP contribution in [0.4, 0.5) is 0 Å². The van der Waals surface area contributed by atoms with Crippen molar-refractivity contribution >= 4 is 40.6 Å². The lowest BCUT2D eigenvalue weighted by Gasteiger charge is -2.08. The van der Waals surface area contributed by atoms with Crippen LogP contribution < -0.4 is 0 Å². The topological polar surface area (TPSA) is 32.9 Å². The Balaban J connectivity index is 2.38. The van der Waals surface area contributed by atoms with Crippen molar-refractivity contribution in [1.82, 2.24) is 4.98 Å². The second-order valence-corrected chi connectivity index (χ2v) is 5.63. The maximum Gasteiger partial charge on any atom is 0.255 e. The second kappa shape index (κ2) is 3.44. The number of alkyl halides is 3. The first-order chi connectivity index (χ1) is 6.50. The summed E-state index contributed by atoms with van der Waals surface area (Å²) in [6, 6.07) is 0. The van der Waals surface area contributed by atoms with Gasteiger partial charge in [-0.15, -0.1) is 0 Å². The molecular formula is C9H8Cl3NO. The van der Waals surface area contributed by atoms with Crippen LogP contribution >= 0.6 is 34.8 Å². The fraction of sp³-hybridized carbons (Fsp3) is 0.444. The Kier molecular flexibility index (Phi) is 2.54. The summed E-state index contributed by atoms with van der Waals surface area (Å²) in [5.41, 5.74) is 2.64. The van der Waals surface area contributed by atoms with Crippen LogP contribution in [0.2, 0.25) is 0 Å². The highest BCUT2D eigenvalue weighted by atomic mass is 35.6. The Morgan fingerprint density at radius 2 is 2.07 bits per heavy atom. The number of nitrogens with one attached hydrogen (secondary N) is 1. The number of hydrogen-bond acceptors (Lipinski definition) is 1. The van der Waals surface area contributed by atoms with Gasteiger partial charge in [0.05, 0.1) is 5.69 Å². The van der Waals surface area contributed by atoms with E-state index in [4.69, 9.17) is 34.8 Å². The highest BCUT2D eigenvalue weighted by Crippen LogP contribution is 2.34. The molecule has 0 aliphatic heterocycles. The fourth-order valence-electron chi connectivity index (χ4n) is 1.80. The van der Waals surface area contributed by atoms with Crippen LogP contribution in [0.25, 0.3) is 0 Å². The molecular weight excluding hydrogens is 244 g/mol. The molecule has 2 nitrogen and oxygen atoms in total. The largest absolute Gasteiger partial charge is 0.358 e. The molecule has 76 valence electrons. The maximum atomic E-state index is 11.7. The second-order valence-electron chi connectivity index (χ2n) is 3.35. The molecule has 0 saturated carbocycles. The normalized spacial score (nSPS) is 15.6. The van der Waals surface area contributed by atoms with E-state index in [0.29, 0.717) is 5.69 Å². The lowest BCUT2D eigenvalue weighted by Crippen LogP contribution is -2.20. The monoisotopic (exact) mass is 251 g/mol. The third kappa shape index (κ3) is 1.67. The summed E-state index contributed by atoms with van der Waals surface area (Å²) in [5.74, 6) is -0.467. The number of hydrogen-bond donors (Lipinski definition) is 1. The van der Waals surface area contributed by atoms with Crippen molar-refractivity contribution in [3.63, 3.8) is 0 Å². The Bertz CT molecular complexity index is 378. The molecule has 1 aromatic rings. The predicted octanol–water partition coefficient (Wildman–Crippen LogP) is 3.06. The van der Waals surface area contributed by atoms with Crippen molar-refractivity contribution in [1.29, 1.82) is 0 Å². The van der Waals surface area contributed by atoms with E-state index in [-0.39, 0.29) is 0 Å². The van der Waals surface area contributed by atoms with Crippen LogP contribution in [-0.2, 0) is 12.8 Å². The van der Waals surface area contributed by atoms with Crippen molar-refractivity contribution in [3.8, 4) is 0 Å². The van der Waals surface area contributed by atoms with Crippen LogP contribution in [0, 0.1) is 0 Å². The zero-order chi connectivity index (χ0) is 10.3. The summed E-state index contributed by atoms with van der Waals surface area (Å²) < 4.78 is -1.86. The summed E-state index contributed by atoms with van der Waals surface area (Å²) >= 11 is 16.6. The number of ketones is 1. The molecule has 0 fully saturated rings. The van der Waals surface area contributed by atoms with Crippen LogP contribution in [0.15, 0.2) is 6.20 Å². The Morgan fingerprint density at radius 3 is 2.71 bits per heavy atom. The average Bonchev–Trinajstić information content (AvgIpc) is 2.59. The van der Waals surface area contributed by atoms with E-state index < -0.39 is 9.58 Å². The van der Waals surface area contributed by atoms with Gasteiger partial charge in [0.2, 0.25) is 5.78 Å². The molecule has 0 amide bonds. The molecule has 0 atom stereocenters. The molecule has 1 aliphatic carbocycles. The van der Waals surface area contributed by atoms with Gasteiger partial charge in [0.25, 0.3) is 3.79 Å².